The van der Waals surface area contributed by atoms with Gasteiger partial charge in [0.15, 0.2) is 16.6 Å². The highest BCUT2D eigenvalue weighted by Gasteiger charge is 2.12. The van der Waals surface area contributed by atoms with Gasteiger partial charge in [-0.2, -0.15) is 0 Å². The molecule has 0 saturated carbocycles. The highest BCUT2D eigenvalue weighted by Crippen LogP contribution is 2.32. The van der Waals surface area contributed by atoms with E-state index in [4.69, 9.17) is 21.7 Å². The number of hydrogen-bond donors (Lipinski definition) is 2. The maximum absolute atomic E-state index is 5.60. The normalized spacial score (nSPS) is 13.8. The zero-order valence-electron chi connectivity index (χ0n) is 14.5. The summed E-state index contributed by atoms with van der Waals surface area (Å²) in [5.74, 6) is 2.08. The Labute approximate surface area is 154 Å². The Morgan fingerprint density at radius 2 is 1.84 bits per heavy atom. The topological polar surface area (TPSA) is 42.5 Å². The zero-order chi connectivity index (χ0) is 17.5. The third-order valence-electron chi connectivity index (χ3n) is 4.30. The van der Waals surface area contributed by atoms with Crippen LogP contribution in [0.4, 0.5) is 5.69 Å². The minimum absolute atomic E-state index is 0.544. The van der Waals surface area contributed by atoms with E-state index in [2.05, 4.69) is 47.9 Å². The maximum atomic E-state index is 5.60. The molecule has 1 aliphatic heterocycles. The minimum Gasteiger partial charge on any atom is -0.486 e. The molecule has 0 amide bonds. The van der Waals surface area contributed by atoms with Crippen LogP contribution in [0.25, 0.3) is 0 Å². The number of ether oxygens (including phenoxy) is 2. The smallest absolute Gasteiger partial charge is 0.170 e. The first-order valence-corrected chi connectivity index (χ1v) is 9.14. The largest absolute Gasteiger partial charge is 0.486 e. The van der Waals surface area contributed by atoms with E-state index in [9.17, 15) is 0 Å². The number of fused-ring (bicyclic) bond motifs is 1. The van der Waals surface area contributed by atoms with Gasteiger partial charge < -0.3 is 20.1 Å². The second-order valence-corrected chi connectivity index (χ2v) is 6.57. The van der Waals surface area contributed by atoms with Crippen LogP contribution in [0.15, 0.2) is 48.5 Å². The summed E-state index contributed by atoms with van der Waals surface area (Å²) in [4.78, 5) is 0. The van der Waals surface area contributed by atoms with Crippen LogP contribution in [0, 0.1) is 5.92 Å². The van der Waals surface area contributed by atoms with E-state index in [1.54, 1.807) is 0 Å². The number of anilines is 1. The van der Waals surface area contributed by atoms with Gasteiger partial charge in [0, 0.05) is 18.3 Å². The van der Waals surface area contributed by atoms with Crippen molar-refractivity contribution in [2.75, 3.05) is 25.1 Å². The van der Waals surface area contributed by atoms with Crippen LogP contribution in [-0.4, -0.2) is 24.9 Å². The third-order valence-corrected chi connectivity index (χ3v) is 4.54. The quantitative estimate of drug-likeness (QED) is 0.766. The van der Waals surface area contributed by atoms with Gasteiger partial charge in [-0.3, -0.25) is 0 Å². The molecule has 25 heavy (non-hydrogen) atoms. The molecule has 1 atom stereocenters. The van der Waals surface area contributed by atoms with Crippen molar-refractivity contribution in [1.82, 2.24) is 5.32 Å². The fourth-order valence-electron chi connectivity index (χ4n) is 2.84. The summed E-state index contributed by atoms with van der Waals surface area (Å²) in [7, 11) is 0. The first-order chi connectivity index (χ1) is 12.2. The van der Waals surface area contributed by atoms with E-state index < -0.39 is 0 Å². The van der Waals surface area contributed by atoms with Crippen molar-refractivity contribution in [2.45, 2.75) is 19.8 Å². The van der Waals surface area contributed by atoms with Crippen molar-refractivity contribution >= 4 is 23.0 Å². The highest BCUT2D eigenvalue weighted by atomic mass is 32.1. The van der Waals surface area contributed by atoms with Crippen molar-refractivity contribution in [3.8, 4) is 11.5 Å². The molecule has 0 bridgehead atoms. The van der Waals surface area contributed by atoms with Gasteiger partial charge in [-0.15, -0.1) is 0 Å². The Morgan fingerprint density at radius 3 is 2.60 bits per heavy atom. The van der Waals surface area contributed by atoms with Crippen molar-refractivity contribution in [1.29, 1.82) is 0 Å². The predicted molar refractivity (Wildman–Crippen MR) is 106 cm³/mol. The summed E-state index contributed by atoms with van der Waals surface area (Å²) >= 11 is 5.43. The fraction of sp³-hybridized carbons (Fsp3) is 0.350. The Balaban J connectivity index is 1.50. The average molecular weight is 356 g/mol. The van der Waals surface area contributed by atoms with Gasteiger partial charge in [-0.25, -0.2) is 0 Å². The van der Waals surface area contributed by atoms with Gasteiger partial charge in [0.2, 0.25) is 0 Å². The van der Waals surface area contributed by atoms with Crippen molar-refractivity contribution in [2.24, 2.45) is 5.92 Å². The Kier molecular flexibility index (Phi) is 6.12. The monoisotopic (exact) mass is 356 g/mol. The predicted octanol–water partition coefficient (Wildman–Crippen LogP) is 4.01. The van der Waals surface area contributed by atoms with Gasteiger partial charge in [0.1, 0.15) is 13.2 Å². The summed E-state index contributed by atoms with van der Waals surface area (Å²) in [5, 5.41) is 7.18. The second-order valence-electron chi connectivity index (χ2n) is 6.16. The molecule has 0 radical (unpaired) electrons. The van der Waals surface area contributed by atoms with Crippen molar-refractivity contribution in [3.05, 3.63) is 54.1 Å². The van der Waals surface area contributed by atoms with E-state index >= 15 is 0 Å². The maximum Gasteiger partial charge on any atom is 0.170 e. The molecule has 0 saturated heterocycles. The van der Waals surface area contributed by atoms with Crippen molar-refractivity contribution in [3.63, 3.8) is 0 Å². The van der Waals surface area contributed by atoms with E-state index in [0.29, 0.717) is 24.2 Å². The molecule has 4 nitrogen and oxygen atoms in total. The number of thiocarbonyl (C=S) groups is 1. The summed E-state index contributed by atoms with van der Waals surface area (Å²) in [5.41, 5.74) is 2.26. The van der Waals surface area contributed by atoms with Crippen molar-refractivity contribution < 1.29 is 9.47 Å². The molecule has 1 aliphatic rings. The van der Waals surface area contributed by atoms with E-state index in [-0.39, 0.29) is 0 Å². The summed E-state index contributed by atoms with van der Waals surface area (Å²) in [6, 6.07) is 16.3. The van der Waals surface area contributed by atoms with Crippen LogP contribution < -0.4 is 20.1 Å². The lowest BCUT2D eigenvalue weighted by atomic mass is 9.97. The molecule has 0 aliphatic carbocycles. The molecule has 2 aromatic rings. The van der Waals surface area contributed by atoms with Crippen LogP contribution in [0.2, 0.25) is 0 Å². The Morgan fingerprint density at radius 1 is 1.08 bits per heavy atom. The average Bonchev–Trinajstić information content (AvgIpc) is 2.66. The SMILES string of the molecule is CC[C@H](CNC(=S)Nc1ccc2c(c1)OCCO2)Cc1ccccc1. The third kappa shape index (κ3) is 5.10. The molecule has 0 spiro atoms. The summed E-state index contributed by atoms with van der Waals surface area (Å²) < 4.78 is 11.1. The molecule has 0 fully saturated rings. The summed E-state index contributed by atoms with van der Waals surface area (Å²) in [6.45, 7) is 4.24. The van der Waals surface area contributed by atoms with Crippen LogP contribution in [0.1, 0.15) is 18.9 Å². The zero-order valence-corrected chi connectivity index (χ0v) is 15.3. The number of nitrogens with one attached hydrogen (secondary N) is 2. The van der Waals surface area contributed by atoms with Gasteiger partial charge in [-0.1, -0.05) is 43.7 Å². The Bertz CT molecular complexity index is 706. The molecular weight excluding hydrogens is 332 g/mol. The highest BCUT2D eigenvalue weighted by molar-refractivity contribution is 7.80. The van der Waals surface area contributed by atoms with Crippen LogP contribution in [0.3, 0.4) is 0 Å². The van der Waals surface area contributed by atoms with Crippen LogP contribution in [-0.2, 0) is 6.42 Å². The number of benzene rings is 2. The fourth-order valence-corrected chi connectivity index (χ4v) is 3.04. The molecule has 1 heterocycles. The molecular formula is C20H24N2O2S. The van der Waals surface area contributed by atoms with E-state index in [0.717, 1.165) is 36.6 Å². The van der Waals surface area contributed by atoms with E-state index in [1.807, 2.05) is 18.2 Å². The minimum atomic E-state index is 0.544. The number of hydrogen-bond acceptors (Lipinski definition) is 3. The van der Waals surface area contributed by atoms with Gasteiger partial charge in [0.25, 0.3) is 0 Å². The second kappa shape index (κ2) is 8.72. The molecule has 0 unspecified atom stereocenters. The molecule has 0 aromatic heterocycles. The van der Waals surface area contributed by atoms with Crippen LogP contribution >= 0.6 is 12.2 Å². The molecule has 3 rings (SSSR count). The summed E-state index contributed by atoms with van der Waals surface area (Å²) in [6.07, 6.45) is 2.16. The van der Waals surface area contributed by atoms with Gasteiger partial charge in [0.05, 0.1) is 0 Å². The first kappa shape index (κ1) is 17.5. The first-order valence-electron chi connectivity index (χ1n) is 8.73. The number of rotatable bonds is 6. The lowest BCUT2D eigenvalue weighted by Gasteiger charge is -2.20. The van der Waals surface area contributed by atoms with Gasteiger partial charge >= 0.3 is 0 Å². The molecule has 132 valence electrons. The standard InChI is InChI=1S/C20H24N2O2S/c1-2-15(12-16-6-4-3-5-7-16)14-21-20(25)22-17-8-9-18-19(13-17)24-11-10-23-18/h3-9,13,15H,2,10-12,14H2,1H3,(H2,21,22,25)/t15-/m0/s1. The molecule has 5 heteroatoms. The lowest BCUT2D eigenvalue weighted by Crippen LogP contribution is -2.33. The molecule has 2 aromatic carbocycles. The Hall–Kier alpha value is -2.27. The molecule has 2 N–H and O–H groups in total. The van der Waals surface area contributed by atoms with E-state index in [1.165, 1.54) is 5.56 Å². The van der Waals surface area contributed by atoms with Gasteiger partial charge in [-0.05, 0) is 42.3 Å². The lowest BCUT2D eigenvalue weighted by molar-refractivity contribution is 0.171. The van der Waals surface area contributed by atoms with Crippen LogP contribution in [0.5, 0.6) is 11.5 Å².